The van der Waals surface area contributed by atoms with Gasteiger partial charge in [-0.25, -0.2) is 4.98 Å². The molecule has 24 heavy (non-hydrogen) atoms. The Hall–Kier alpha value is -1.73. The SMILES string of the molecule is O=C(CCCN1CCCC1=O)N[C@H](Cc1cccs1)c1nccs1. The lowest BCUT2D eigenvalue weighted by Gasteiger charge is -2.17. The van der Waals surface area contributed by atoms with Crippen molar-refractivity contribution < 1.29 is 9.59 Å². The van der Waals surface area contributed by atoms with Crippen LogP contribution >= 0.6 is 22.7 Å². The fraction of sp³-hybridized carbons (Fsp3) is 0.471. The average molecular weight is 364 g/mol. The van der Waals surface area contributed by atoms with Gasteiger partial charge in [-0.1, -0.05) is 6.07 Å². The highest BCUT2D eigenvalue weighted by Gasteiger charge is 2.21. The van der Waals surface area contributed by atoms with E-state index < -0.39 is 0 Å². The van der Waals surface area contributed by atoms with E-state index in [2.05, 4.69) is 16.4 Å². The summed E-state index contributed by atoms with van der Waals surface area (Å²) in [6.07, 6.45) is 5.28. The smallest absolute Gasteiger partial charge is 0.222 e. The Kier molecular flexibility index (Phi) is 5.98. The molecule has 1 aliphatic heterocycles. The zero-order chi connectivity index (χ0) is 16.8. The normalized spacial score (nSPS) is 15.7. The van der Waals surface area contributed by atoms with Crippen LogP contribution in [0.1, 0.15) is 41.6 Å². The van der Waals surface area contributed by atoms with Crippen molar-refractivity contribution in [1.82, 2.24) is 15.2 Å². The van der Waals surface area contributed by atoms with E-state index in [1.54, 1.807) is 28.9 Å². The van der Waals surface area contributed by atoms with E-state index in [0.29, 0.717) is 25.8 Å². The summed E-state index contributed by atoms with van der Waals surface area (Å²) >= 11 is 3.26. The molecule has 1 fully saturated rings. The number of carbonyl (C=O) groups is 2. The summed E-state index contributed by atoms with van der Waals surface area (Å²) < 4.78 is 0. The molecule has 5 nitrogen and oxygen atoms in total. The Bertz CT molecular complexity index is 655. The van der Waals surface area contributed by atoms with Gasteiger partial charge >= 0.3 is 0 Å². The number of amides is 2. The largest absolute Gasteiger partial charge is 0.346 e. The molecule has 1 aliphatic rings. The minimum absolute atomic E-state index is 0.0263. The van der Waals surface area contributed by atoms with E-state index in [4.69, 9.17) is 0 Å². The van der Waals surface area contributed by atoms with Gasteiger partial charge in [-0.2, -0.15) is 0 Å². The lowest BCUT2D eigenvalue weighted by Crippen LogP contribution is -2.31. The first kappa shape index (κ1) is 17.1. The van der Waals surface area contributed by atoms with E-state index in [1.165, 1.54) is 4.88 Å². The molecule has 1 N–H and O–H groups in total. The van der Waals surface area contributed by atoms with Crippen molar-refractivity contribution in [3.8, 4) is 0 Å². The number of nitrogens with one attached hydrogen (secondary N) is 1. The first-order valence-electron chi connectivity index (χ1n) is 8.21. The molecule has 1 atom stereocenters. The van der Waals surface area contributed by atoms with Gasteiger partial charge in [0, 0.05) is 48.8 Å². The van der Waals surface area contributed by atoms with Gasteiger partial charge in [0.25, 0.3) is 0 Å². The number of thiophene rings is 1. The Morgan fingerprint density at radius 3 is 2.96 bits per heavy atom. The Labute approximate surface area is 149 Å². The van der Waals surface area contributed by atoms with Crippen LogP contribution in [0, 0.1) is 0 Å². The van der Waals surface area contributed by atoms with Crippen LogP contribution in [0.5, 0.6) is 0 Å². The number of nitrogens with zero attached hydrogens (tertiary/aromatic N) is 2. The van der Waals surface area contributed by atoms with Crippen molar-refractivity contribution >= 4 is 34.5 Å². The average Bonchev–Trinajstić information content (AvgIpc) is 3.30. The lowest BCUT2D eigenvalue weighted by atomic mass is 10.1. The van der Waals surface area contributed by atoms with Crippen LogP contribution in [0.3, 0.4) is 0 Å². The Morgan fingerprint density at radius 2 is 2.29 bits per heavy atom. The second-order valence-corrected chi connectivity index (χ2v) is 7.82. The van der Waals surface area contributed by atoms with Crippen LogP contribution in [0.4, 0.5) is 0 Å². The topological polar surface area (TPSA) is 62.3 Å². The highest BCUT2D eigenvalue weighted by molar-refractivity contribution is 7.10. The molecule has 7 heteroatoms. The van der Waals surface area contributed by atoms with E-state index >= 15 is 0 Å². The number of carbonyl (C=O) groups excluding carboxylic acids is 2. The number of thiazole rings is 1. The molecule has 2 amide bonds. The number of hydrogen-bond acceptors (Lipinski definition) is 5. The molecule has 2 aromatic rings. The van der Waals surface area contributed by atoms with Gasteiger partial charge in [0.2, 0.25) is 11.8 Å². The summed E-state index contributed by atoms with van der Waals surface area (Å²) in [5, 5.41) is 8.02. The van der Waals surface area contributed by atoms with Crippen LogP contribution in [-0.4, -0.2) is 34.8 Å². The Balaban J connectivity index is 1.50. The van der Waals surface area contributed by atoms with Crippen molar-refractivity contribution in [2.75, 3.05) is 13.1 Å². The second kappa shape index (κ2) is 8.39. The van der Waals surface area contributed by atoms with Crippen LogP contribution in [0.25, 0.3) is 0 Å². The predicted octanol–water partition coefficient (Wildman–Crippen LogP) is 3.01. The molecule has 0 aromatic carbocycles. The summed E-state index contributed by atoms with van der Waals surface area (Å²) in [6.45, 7) is 1.51. The zero-order valence-electron chi connectivity index (χ0n) is 13.4. The minimum Gasteiger partial charge on any atom is -0.346 e. The standard InChI is InChI=1S/C17H21N3O2S2/c21-15(5-1-8-20-9-2-6-16(20)22)19-14(17-18-7-11-24-17)12-13-4-3-10-23-13/h3-4,7,10-11,14H,1-2,5-6,8-9,12H2,(H,19,21)/t14-/m1/s1. The third kappa shape index (κ3) is 4.64. The molecule has 3 rings (SSSR count). The van der Waals surface area contributed by atoms with Crippen molar-refractivity contribution in [3.05, 3.63) is 39.0 Å². The quantitative estimate of drug-likeness (QED) is 0.784. The van der Waals surface area contributed by atoms with Crippen LogP contribution in [-0.2, 0) is 16.0 Å². The van der Waals surface area contributed by atoms with Crippen molar-refractivity contribution in [2.45, 2.75) is 38.1 Å². The predicted molar refractivity (Wildman–Crippen MR) is 96.1 cm³/mol. The van der Waals surface area contributed by atoms with Gasteiger partial charge in [-0.05, 0) is 24.3 Å². The maximum Gasteiger partial charge on any atom is 0.222 e. The molecular formula is C17H21N3O2S2. The molecular weight excluding hydrogens is 342 g/mol. The van der Waals surface area contributed by atoms with Gasteiger partial charge < -0.3 is 10.2 Å². The van der Waals surface area contributed by atoms with Gasteiger partial charge in [0.05, 0.1) is 6.04 Å². The highest BCUT2D eigenvalue weighted by atomic mass is 32.1. The maximum atomic E-state index is 12.3. The molecule has 0 spiro atoms. The molecule has 0 unspecified atom stereocenters. The van der Waals surface area contributed by atoms with Crippen LogP contribution in [0.15, 0.2) is 29.1 Å². The first-order chi connectivity index (χ1) is 11.7. The summed E-state index contributed by atoms with van der Waals surface area (Å²) in [4.78, 5) is 31.3. The monoisotopic (exact) mass is 363 g/mol. The van der Waals surface area contributed by atoms with Crippen LogP contribution in [0.2, 0.25) is 0 Å². The fourth-order valence-electron chi connectivity index (χ4n) is 2.87. The number of aromatic nitrogens is 1. The minimum atomic E-state index is -0.0791. The number of hydrogen-bond donors (Lipinski definition) is 1. The van der Waals surface area contributed by atoms with Crippen molar-refractivity contribution in [2.24, 2.45) is 0 Å². The Morgan fingerprint density at radius 1 is 1.38 bits per heavy atom. The summed E-state index contributed by atoms with van der Waals surface area (Å²) in [7, 11) is 0. The third-order valence-electron chi connectivity index (χ3n) is 4.07. The van der Waals surface area contributed by atoms with E-state index in [0.717, 1.165) is 24.4 Å². The summed E-state index contributed by atoms with van der Waals surface area (Å²) in [6, 6.07) is 4.02. The second-order valence-electron chi connectivity index (χ2n) is 5.86. The van der Waals surface area contributed by atoms with Gasteiger partial charge in [-0.3, -0.25) is 9.59 Å². The van der Waals surface area contributed by atoms with Gasteiger partial charge in [0.1, 0.15) is 5.01 Å². The molecule has 0 saturated carbocycles. The maximum absolute atomic E-state index is 12.3. The summed E-state index contributed by atoms with van der Waals surface area (Å²) in [5.74, 6) is 0.243. The fourth-order valence-corrected chi connectivity index (χ4v) is 4.32. The molecule has 0 aliphatic carbocycles. The number of likely N-dealkylation sites (tertiary alicyclic amines) is 1. The molecule has 128 valence electrons. The third-order valence-corrected chi connectivity index (χ3v) is 5.86. The van der Waals surface area contributed by atoms with E-state index in [9.17, 15) is 9.59 Å². The van der Waals surface area contributed by atoms with E-state index in [1.807, 2.05) is 21.7 Å². The first-order valence-corrected chi connectivity index (χ1v) is 9.97. The highest BCUT2D eigenvalue weighted by Crippen LogP contribution is 2.23. The molecule has 1 saturated heterocycles. The van der Waals surface area contributed by atoms with Gasteiger partial charge in [0.15, 0.2) is 0 Å². The van der Waals surface area contributed by atoms with Gasteiger partial charge in [-0.15, -0.1) is 22.7 Å². The molecule has 3 heterocycles. The van der Waals surface area contributed by atoms with E-state index in [-0.39, 0.29) is 17.9 Å². The molecule has 0 radical (unpaired) electrons. The lowest BCUT2D eigenvalue weighted by molar-refractivity contribution is -0.128. The zero-order valence-corrected chi connectivity index (χ0v) is 15.1. The van der Waals surface area contributed by atoms with Crippen molar-refractivity contribution in [3.63, 3.8) is 0 Å². The van der Waals surface area contributed by atoms with Crippen molar-refractivity contribution in [1.29, 1.82) is 0 Å². The molecule has 0 bridgehead atoms. The molecule has 2 aromatic heterocycles. The van der Waals surface area contributed by atoms with Crippen LogP contribution < -0.4 is 5.32 Å². The number of rotatable bonds is 8. The summed E-state index contributed by atoms with van der Waals surface area (Å²) in [5.41, 5.74) is 0.